The molecule has 0 unspecified atom stereocenters. The number of anilines is 1. The maximum absolute atomic E-state index is 12.8. The second kappa shape index (κ2) is 4.09. The molecule has 0 fully saturated rings. The van der Waals surface area contributed by atoms with Crippen molar-refractivity contribution in [3.05, 3.63) is 34.9 Å². The van der Waals surface area contributed by atoms with Crippen LogP contribution in [-0.4, -0.2) is 5.16 Å². The molecule has 0 aliphatic heterocycles. The second-order valence-corrected chi connectivity index (χ2v) is 3.52. The van der Waals surface area contributed by atoms with Gasteiger partial charge in [-0.25, -0.2) is 8.78 Å². The molecule has 2 N–H and O–H groups in total. The lowest BCUT2D eigenvalue weighted by Gasteiger charge is -2.07. The third-order valence-electron chi connectivity index (χ3n) is 2.08. The van der Waals surface area contributed by atoms with E-state index in [1.54, 1.807) is 6.07 Å². The maximum Gasteiger partial charge on any atom is 0.265 e. The Bertz CT molecular complexity index is 513. The minimum absolute atomic E-state index is 0.00549. The first-order valence-electron chi connectivity index (χ1n) is 4.38. The van der Waals surface area contributed by atoms with Crippen molar-refractivity contribution in [2.45, 2.75) is 6.43 Å². The highest BCUT2D eigenvalue weighted by molar-refractivity contribution is 6.31. The summed E-state index contributed by atoms with van der Waals surface area (Å²) in [7, 11) is 0. The summed E-state index contributed by atoms with van der Waals surface area (Å²) in [6.07, 6.45) is -2.68. The number of benzene rings is 1. The van der Waals surface area contributed by atoms with Gasteiger partial charge in [-0.05, 0) is 6.07 Å². The summed E-state index contributed by atoms with van der Waals surface area (Å²) in [5.74, 6) is 0.0650. The monoisotopic (exact) mass is 244 g/mol. The molecule has 1 heterocycles. The van der Waals surface area contributed by atoms with Crippen LogP contribution in [0.25, 0.3) is 11.3 Å². The summed E-state index contributed by atoms with van der Waals surface area (Å²) in [6.45, 7) is 0. The van der Waals surface area contributed by atoms with Gasteiger partial charge in [-0.1, -0.05) is 28.9 Å². The number of nitrogens with two attached hydrogens (primary N) is 1. The van der Waals surface area contributed by atoms with E-state index < -0.39 is 6.43 Å². The minimum atomic E-state index is -2.68. The first-order chi connectivity index (χ1) is 7.59. The zero-order valence-electron chi connectivity index (χ0n) is 7.95. The van der Waals surface area contributed by atoms with Crippen LogP contribution in [-0.2, 0) is 0 Å². The van der Waals surface area contributed by atoms with Crippen LogP contribution in [0.1, 0.15) is 12.0 Å². The molecule has 6 heteroatoms. The van der Waals surface area contributed by atoms with Crippen molar-refractivity contribution in [1.29, 1.82) is 0 Å². The van der Waals surface area contributed by atoms with Crippen LogP contribution < -0.4 is 5.73 Å². The Labute approximate surface area is 94.8 Å². The van der Waals surface area contributed by atoms with E-state index in [4.69, 9.17) is 17.3 Å². The molecule has 1 aromatic heterocycles. The Balaban J connectivity index is 2.60. The number of nitrogen functional groups attached to an aromatic ring is 1. The van der Waals surface area contributed by atoms with Crippen LogP contribution >= 0.6 is 11.6 Å². The summed E-state index contributed by atoms with van der Waals surface area (Å²) < 4.78 is 30.2. The van der Waals surface area contributed by atoms with Gasteiger partial charge in [0.15, 0.2) is 0 Å². The van der Waals surface area contributed by atoms with E-state index in [0.717, 1.165) is 0 Å². The molecule has 2 aromatic rings. The molecule has 0 aliphatic rings. The van der Waals surface area contributed by atoms with Crippen LogP contribution in [0.3, 0.4) is 0 Å². The van der Waals surface area contributed by atoms with Gasteiger partial charge in [0.2, 0.25) is 5.88 Å². The lowest BCUT2D eigenvalue weighted by molar-refractivity contribution is 0.152. The number of rotatable bonds is 2. The van der Waals surface area contributed by atoms with Crippen molar-refractivity contribution in [3.63, 3.8) is 0 Å². The van der Waals surface area contributed by atoms with Gasteiger partial charge in [0.05, 0.1) is 5.02 Å². The number of nitrogens with zero attached hydrogens (tertiary/aromatic N) is 1. The molecule has 2 rings (SSSR count). The van der Waals surface area contributed by atoms with Crippen LogP contribution in [0.2, 0.25) is 5.02 Å². The van der Waals surface area contributed by atoms with Gasteiger partial charge in [-0.3, -0.25) is 0 Å². The van der Waals surface area contributed by atoms with Crippen molar-refractivity contribution in [2.75, 3.05) is 5.73 Å². The minimum Gasteiger partial charge on any atom is -0.368 e. The molecule has 3 nitrogen and oxygen atoms in total. The average Bonchev–Trinajstić information content (AvgIpc) is 2.63. The van der Waals surface area contributed by atoms with Crippen LogP contribution in [0.5, 0.6) is 0 Å². The van der Waals surface area contributed by atoms with Gasteiger partial charge in [0, 0.05) is 17.2 Å². The van der Waals surface area contributed by atoms with Crippen molar-refractivity contribution in [1.82, 2.24) is 5.16 Å². The highest BCUT2D eigenvalue weighted by atomic mass is 35.5. The third kappa shape index (κ3) is 1.86. The molecule has 0 bridgehead atoms. The van der Waals surface area contributed by atoms with Gasteiger partial charge >= 0.3 is 0 Å². The normalized spacial score (nSPS) is 11.0. The van der Waals surface area contributed by atoms with Gasteiger partial charge in [-0.15, -0.1) is 0 Å². The summed E-state index contributed by atoms with van der Waals surface area (Å²) in [5, 5.41) is 3.57. The van der Waals surface area contributed by atoms with Crippen LogP contribution in [0, 0.1) is 0 Å². The lowest BCUT2D eigenvalue weighted by Crippen LogP contribution is -1.91. The molecule has 84 valence electrons. The molecule has 0 atom stereocenters. The van der Waals surface area contributed by atoms with E-state index in [2.05, 4.69) is 9.68 Å². The van der Waals surface area contributed by atoms with Crippen molar-refractivity contribution < 1.29 is 13.3 Å². The number of aromatic nitrogens is 1. The average molecular weight is 245 g/mol. The van der Waals surface area contributed by atoms with E-state index in [9.17, 15) is 8.78 Å². The van der Waals surface area contributed by atoms with Gasteiger partial charge in [-0.2, -0.15) is 0 Å². The highest BCUT2D eigenvalue weighted by Gasteiger charge is 2.19. The first kappa shape index (κ1) is 10.9. The molecule has 1 aromatic carbocycles. The summed E-state index contributed by atoms with van der Waals surface area (Å²) in [5.41, 5.74) is 5.53. The summed E-state index contributed by atoms with van der Waals surface area (Å²) >= 11 is 5.71. The zero-order valence-corrected chi connectivity index (χ0v) is 8.71. The fourth-order valence-electron chi connectivity index (χ4n) is 1.40. The number of halogens is 3. The zero-order chi connectivity index (χ0) is 11.7. The molecular weight excluding hydrogens is 238 g/mol. The predicted octanol–water partition coefficient (Wildman–Crippen LogP) is 3.51. The van der Waals surface area contributed by atoms with E-state index in [0.29, 0.717) is 0 Å². The van der Waals surface area contributed by atoms with Gasteiger partial charge in [0.25, 0.3) is 6.43 Å². The summed E-state index contributed by atoms with van der Waals surface area (Å²) in [4.78, 5) is 0. The molecular formula is C10H7ClF2N2O. The van der Waals surface area contributed by atoms with Crippen molar-refractivity contribution in [2.24, 2.45) is 0 Å². The highest BCUT2D eigenvalue weighted by Crippen LogP contribution is 2.36. The molecule has 0 amide bonds. The number of alkyl halides is 2. The smallest absolute Gasteiger partial charge is 0.265 e. The fraction of sp³-hybridized carbons (Fsp3) is 0.100. The molecule has 0 aliphatic carbocycles. The Morgan fingerprint density at radius 1 is 1.38 bits per heavy atom. The van der Waals surface area contributed by atoms with E-state index in [-0.39, 0.29) is 27.7 Å². The molecule has 16 heavy (non-hydrogen) atoms. The second-order valence-electron chi connectivity index (χ2n) is 3.12. The Morgan fingerprint density at radius 3 is 2.69 bits per heavy atom. The van der Waals surface area contributed by atoms with Crippen LogP contribution in [0.4, 0.5) is 14.7 Å². The quantitative estimate of drug-likeness (QED) is 0.879. The van der Waals surface area contributed by atoms with Gasteiger partial charge in [0.1, 0.15) is 5.69 Å². The van der Waals surface area contributed by atoms with Crippen LogP contribution in [0.15, 0.2) is 28.8 Å². The largest absolute Gasteiger partial charge is 0.368 e. The first-order valence-corrected chi connectivity index (χ1v) is 4.76. The Kier molecular flexibility index (Phi) is 2.78. The molecule has 0 saturated carbocycles. The fourth-order valence-corrected chi connectivity index (χ4v) is 1.66. The number of hydrogen-bond donors (Lipinski definition) is 1. The SMILES string of the molecule is Nc1cc(-c2cccc(Cl)c2C(F)F)no1. The third-order valence-corrected chi connectivity index (χ3v) is 2.41. The maximum atomic E-state index is 12.8. The molecule has 0 spiro atoms. The van der Waals surface area contributed by atoms with E-state index in [1.165, 1.54) is 18.2 Å². The topological polar surface area (TPSA) is 52.0 Å². The van der Waals surface area contributed by atoms with Gasteiger partial charge < -0.3 is 10.3 Å². The lowest BCUT2D eigenvalue weighted by atomic mass is 10.1. The standard InChI is InChI=1S/C10H7ClF2N2O/c11-6-3-1-2-5(9(6)10(12)13)7-4-8(14)16-15-7/h1-4,10H,14H2. The van der Waals surface area contributed by atoms with Crippen molar-refractivity contribution in [3.8, 4) is 11.3 Å². The Hall–Kier alpha value is -1.62. The molecule has 0 saturated heterocycles. The Morgan fingerprint density at radius 2 is 2.12 bits per heavy atom. The van der Waals surface area contributed by atoms with E-state index >= 15 is 0 Å². The van der Waals surface area contributed by atoms with E-state index in [1.807, 2.05) is 0 Å². The summed E-state index contributed by atoms with van der Waals surface area (Å²) in [6, 6.07) is 5.83. The predicted molar refractivity (Wildman–Crippen MR) is 56.3 cm³/mol. The van der Waals surface area contributed by atoms with Crippen molar-refractivity contribution >= 4 is 17.5 Å². The molecule has 0 radical (unpaired) electrons. The number of hydrogen-bond acceptors (Lipinski definition) is 3.